The van der Waals surface area contributed by atoms with E-state index in [9.17, 15) is 0 Å². The Balaban J connectivity index is 0.00000147. The monoisotopic (exact) mass is 311 g/mol. The number of aromatic nitrogens is 1. The van der Waals surface area contributed by atoms with Crippen molar-refractivity contribution in [3.05, 3.63) is 46.2 Å². The molecule has 2 heterocycles. The topological polar surface area (TPSA) is 29.8 Å². The molecule has 0 spiro atoms. The minimum atomic E-state index is 0. The van der Waals surface area contributed by atoms with Crippen LogP contribution in [0.3, 0.4) is 0 Å². The molecule has 2 aromatic rings. The molecule has 1 aromatic heterocycles. The molecule has 4 nitrogen and oxygen atoms in total. The summed E-state index contributed by atoms with van der Waals surface area (Å²) >= 11 is 1.68. The SMILES string of the molecule is Cc1csc(=Nc2ccccc2)n1N1CCOCC1.Cl. The summed E-state index contributed by atoms with van der Waals surface area (Å²) in [4.78, 5) is 5.76. The number of ether oxygens (including phenoxy) is 1. The molecular weight excluding hydrogens is 294 g/mol. The fourth-order valence-electron chi connectivity index (χ4n) is 2.17. The van der Waals surface area contributed by atoms with Crippen LogP contribution in [-0.4, -0.2) is 31.0 Å². The standard InChI is InChI=1S/C14H17N3OS.ClH/c1-12-11-19-14(15-13-5-3-2-4-6-13)17(12)16-7-9-18-10-8-16;/h2-6,11H,7-10H2,1H3;1H. The van der Waals surface area contributed by atoms with E-state index >= 15 is 0 Å². The first-order valence-electron chi connectivity index (χ1n) is 6.44. The minimum Gasteiger partial charge on any atom is -0.378 e. The van der Waals surface area contributed by atoms with E-state index in [2.05, 4.69) is 22.0 Å². The summed E-state index contributed by atoms with van der Waals surface area (Å²) in [7, 11) is 0. The van der Waals surface area contributed by atoms with Gasteiger partial charge in [0.25, 0.3) is 0 Å². The summed E-state index contributed by atoms with van der Waals surface area (Å²) in [6, 6.07) is 10.1. The van der Waals surface area contributed by atoms with Gasteiger partial charge in [0.2, 0.25) is 4.80 Å². The predicted molar refractivity (Wildman–Crippen MR) is 84.7 cm³/mol. The Morgan fingerprint density at radius 3 is 2.55 bits per heavy atom. The molecule has 0 N–H and O–H groups in total. The fourth-order valence-corrected chi connectivity index (χ4v) is 3.07. The largest absolute Gasteiger partial charge is 0.378 e. The van der Waals surface area contributed by atoms with Crippen molar-refractivity contribution in [1.29, 1.82) is 0 Å². The normalized spacial score (nSPS) is 16.1. The van der Waals surface area contributed by atoms with Crippen molar-refractivity contribution in [3.8, 4) is 0 Å². The first kappa shape index (κ1) is 15.1. The molecule has 1 saturated heterocycles. The van der Waals surface area contributed by atoms with Crippen LogP contribution in [0.1, 0.15) is 5.69 Å². The van der Waals surface area contributed by atoms with Crippen LogP contribution in [0.2, 0.25) is 0 Å². The van der Waals surface area contributed by atoms with Gasteiger partial charge in [0, 0.05) is 11.1 Å². The molecule has 0 amide bonds. The summed E-state index contributed by atoms with van der Waals surface area (Å²) in [5.41, 5.74) is 2.22. The number of nitrogens with zero attached hydrogens (tertiary/aromatic N) is 3. The number of para-hydroxylation sites is 1. The van der Waals surface area contributed by atoms with Gasteiger partial charge in [-0.1, -0.05) is 18.2 Å². The number of benzene rings is 1. The van der Waals surface area contributed by atoms with Gasteiger partial charge >= 0.3 is 0 Å². The highest BCUT2D eigenvalue weighted by molar-refractivity contribution is 7.07. The zero-order chi connectivity index (χ0) is 13.1. The molecule has 1 aliphatic rings. The van der Waals surface area contributed by atoms with Crippen LogP contribution in [0, 0.1) is 6.92 Å². The first-order valence-corrected chi connectivity index (χ1v) is 7.32. The molecule has 6 heteroatoms. The Bertz CT molecular complexity index is 602. The fraction of sp³-hybridized carbons (Fsp3) is 0.357. The molecule has 0 unspecified atom stereocenters. The average molecular weight is 312 g/mol. The molecule has 1 fully saturated rings. The van der Waals surface area contributed by atoms with Crippen LogP contribution in [-0.2, 0) is 4.74 Å². The number of aryl methyl sites for hydroxylation is 1. The van der Waals surface area contributed by atoms with E-state index in [1.807, 2.05) is 30.3 Å². The highest BCUT2D eigenvalue weighted by atomic mass is 35.5. The smallest absolute Gasteiger partial charge is 0.209 e. The second-order valence-electron chi connectivity index (χ2n) is 4.48. The Hall–Kier alpha value is -1.30. The highest BCUT2D eigenvalue weighted by Gasteiger charge is 2.14. The number of hydrogen-bond acceptors (Lipinski definition) is 4. The van der Waals surface area contributed by atoms with Gasteiger partial charge in [-0.3, -0.25) is 0 Å². The quantitative estimate of drug-likeness (QED) is 0.853. The lowest BCUT2D eigenvalue weighted by atomic mass is 10.3. The van der Waals surface area contributed by atoms with Gasteiger partial charge in [-0.25, -0.2) is 9.67 Å². The molecule has 1 aliphatic heterocycles. The van der Waals surface area contributed by atoms with Gasteiger partial charge in [-0.15, -0.1) is 23.7 Å². The van der Waals surface area contributed by atoms with Gasteiger partial charge in [0.15, 0.2) is 0 Å². The van der Waals surface area contributed by atoms with E-state index in [-0.39, 0.29) is 12.4 Å². The zero-order valence-corrected chi connectivity index (χ0v) is 13.0. The van der Waals surface area contributed by atoms with Crippen LogP contribution in [0.25, 0.3) is 0 Å². The average Bonchev–Trinajstić information content (AvgIpc) is 2.82. The van der Waals surface area contributed by atoms with Crippen molar-refractivity contribution in [3.63, 3.8) is 0 Å². The third-order valence-corrected chi connectivity index (χ3v) is 4.04. The molecule has 0 aliphatic carbocycles. The van der Waals surface area contributed by atoms with Crippen molar-refractivity contribution in [2.24, 2.45) is 4.99 Å². The van der Waals surface area contributed by atoms with Gasteiger partial charge in [-0.05, 0) is 19.1 Å². The van der Waals surface area contributed by atoms with Crippen LogP contribution < -0.4 is 9.81 Å². The Kier molecular flexibility index (Phi) is 5.23. The molecule has 0 bridgehead atoms. The van der Waals surface area contributed by atoms with Crippen molar-refractivity contribution in [2.75, 3.05) is 31.3 Å². The van der Waals surface area contributed by atoms with Crippen molar-refractivity contribution < 1.29 is 4.74 Å². The molecule has 0 atom stereocenters. The van der Waals surface area contributed by atoms with Crippen LogP contribution in [0.15, 0.2) is 40.7 Å². The lowest BCUT2D eigenvalue weighted by Crippen LogP contribution is -2.48. The summed E-state index contributed by atoms with van der Waals surface area (Å²) in [5.74, 6) is 0. The Morgan fingerprint density at radius 1 is 1.15 bits per heavy atom. The number of morpholine rings is 1. The number of hydrogen-bond donors (Lipinski definition) is 0. The van der Waals surface area contributed by atoms with Gasteiger partial charge < -0.3 is 9.75 Å². The van der Waals surface area contributed by atoms with E-state index in [0.29, 0.717) is 0 Å². The zero-order valence-electron chi connectivity index (χ0n) is 11.4. The third kappa shape index (κ3) is 3.23. The molecule has 1 aromatic carbocycles. The maximum Gasteiger partial charge on any atom is 0.209 e. The number of thiazole rings is 1. The maximum absolute atomic E-state index is 5.41. The van der Waals surface area contributed by atoms with Gasteiger partial charge in [0.1, 0.15) is 0 Å². The second-order valence-corrected chi connectivity index (χ2v) is 5.32. The molecule has 0 radical (unpaired) electrons. The number of halogens is 1. The third-order valence-electron chi connectivity index (χ3n) is 3.10. The van der Waals surface area contributed by atoms with Gasteiger partial charge in [-0.2, -0.15) is 0 Å². The minimum absolute atomic E-state index is 0. The first-order chi connectivity index (χ1) is 9.34. The summed E-state index contributed by atoms with van der Waals surface area (Å²) in [6.45, 7) is 5.52. The lowest BCUT2D eigenvalue weighted by molar-refractivity contribution is 0.110. The van der Waals surface area contributed by atoms with E-state index in [1.54, 1.807) is 11.3 Å². The van der Waals surface area contributed by atoms with Crippen molar-refractivity contribution in [2.45, 2.75) is 6.92 Å². The van der Waals surface area contributed by atoms with E-state index < -0.39 is 0 Å². The molecule has 20 heavy (non-hydrogen) atoms. The second kappa shape index (κ2) is 6.92. The van der Waals surface area contributed by atoms with Crippen molar-refractivity contribution in [1.82, 2.24) is 4.68 Å². The molecular formula is C14H18ClN3OS. The predicted octanol–water partition coefficient (Wildman–Crippen LogP) is 2.48. The van der Waals surface area contributed by atoms with Gasteiger partial charge in [0.05, 0.1) is 32.0 Å². The molecule has 3 rings (SSSR count). The van der Waals surface area contributed by atoms with Crippen LogP contribution >= 0.6 is 23.7 Å². The lowest BCUT2D eigenvalue weighted by Gasteiger charge is -2.30. The Labute approximate surface area is 128 Å². The van der Waals surface area contributed by atoms with E-state index in [0.717, 1.165) is 36.8 Å². The van der Waals surface area contributed by atoms with E-state index in [1.165, 1.54) is 5.69 Å². The van der Waals surface area contributed by atoms with Crippen LogP contribution in [0.4, 0.5) is 5.69 Å². The summed E-state index contributed by atoms with van der Waals surface area (Å²) < 4.78 is 7.62. The van der Waals surface area contributed by atoms with Crippen molar-refractivity contribution >= 4 is 29.4 Å². The highest BCUT2D eigenvalue weighted by Crippen LogP contribution is 2.10. The Morgan fingerprint density at radius 2 is 1.85 bits per heavy atom. The molecule has 108 valence electrons. The summed E-state index contributed by atoms with van der Waals surface area (Å²) in [6.07, 6.45) is 0. The molecule has 0 saturated carbocycles. The summed E-state index contributed by atoms with van der Waals surface area (Å²) in [5, 5.41) is 4.45. The van der Waals surface area contributed by atoms with Crippen LogP contribution in [0.5, 0.6) is 0 Å². The maximum atomic E-state index is 5.41. The van der Waals surface area contributed by atoms with E-state index in [4.69, 9.17) is 9.73 Å². The number of rotatable bonds is 2.